The second-order valence-corrected chi connectivity index (χ2v) is 20.7. The van der Waals surface area contributed by atoms with Gasteiger partial charge < -0.3 is 48.5 Å². The first-order valence-corrected chi connectivity index (χ1v) is 25.3. The monoisotopic (exact) mass is 1080 g/mol. The molecule has 6 rings (SSSR count). The highest BCUT2D eigenvalue weighted by Crippen LogP contribution is 2.44. The number of furan rings is 2. The number of ether oxygens (including phenoxy) is 5. The fourth-order valence-electron chi connectivity index (χ4n) is 7.20. The Kier molecular flexibility index (Phi) is 22.4. The molecule has 21 nitrogen and oxygen atoms in total. The highest BCUT2D eigenvalue weighted by atomic mass is 16.6. The number of hydrogen-bond donors (Lipinski definition) is 3. The van der Waals surface area contributed by atoms with Crippen LogP contribution in [-0.2, 0) is 28.6 Å². The van der Waals surface area contributed by atoms with E-state index in [1.165, 1.54) is 32.1 Å². The van der Waals surface area contributed by atoms with Gasteiger partial charge in [0.2, 0.25) is 11.9 Å². The van der Waals surface area contributed by atoms with E-state index < -0.39 is 41.1 Å². The molecular weight excluding hydrogens is 1010 g/mol. The molecule has 0 saturated heterocycles. The number of benzene rings is 3. The first kappa shape index (κ1) is 62.1. The summed E-state index contributed by atoms with van der Waals surface area (Å²) in [5.41, 5.74) is -0.728. The van der Waals surface area contributed by atoms with Crippen LogP contribution in [0.5, 0.6) is 11.5 Å². The Bertz CT molecular complexity index is 2900. The quantitative estimate of drug-likeness (QED) is 0.0137. The Morgan fingerprint density at radius 2 is 1.01 bits per heavy atom. The molecule has 78 heavy (non-hydrogen) atoms. The lowest BCUT2D eigenvalue weighted by Crippen LogP contribution is -2.35. The first-order valence-electron chi connectivity index (χ1n) is 25.3. The second kappa shape index (κ2) is 28.1. The minimum Gasteiger partial charge on any atom is -0.460 e. The van der Waals surface area contributed by atoms with Crippen molar-refractivity contribution in [1.82, 2.24) is 16.0 Å². The third-order valence-corrected chi connectivity index (χ3v) is 10.5. The fourth-order valence-corrected chi connectivity index (χ4v) is 7.20. The molecule has 0 atom stereocenters. The van der Waals surface area contributed by atoms with Gasteiger partial charge in [-0.2, -0.15) is 0 Å². The summed E-state index contributed by atoms with van der Waals surface area (Å²) in [5, 5.41) is 9.01. The maximum Gasteiger partial charge on any atom is 0.412 e. The van der Waals surface area contributed by atoms with Crippen molar-refractivity contribution in [3.8, 4) is 11.5 Å². The minimum atomic E-state index is -0.777. The fraction of sp³-hybridized carbons (Fsp3) is 0.439. The van der Waals surface area contributed by atoms with Crippen LogP contribution in [-0.4, -0.2) is 102 Å². The van der Waals surface area contributed by atoms with Crippen LogP contribution in [0.4, 0.5) is 14.4 Å². The van der Waals surface area contributed by atoms with E-state index in [0.29, 0.717) is 72.5 Å². The number of amides is 3. The summed E-state index contributed by atoms with van der Waals surface area (Å²) < 4.78 is 38.0. The minimum absolute atomic E-state index is 0.00298. The molecule has 0 spiro atoms. The Balaban J connectivity index is 0.000000330. The Labute approximate surface area is 451 Å². The molecular formula is C57H68N4O17. The molecule has 1 aliphatic carbocycles. The van der Waals surface area contributed by atoms with Gasteiger partial charge in [-0.1, -0.05) is 55.0 Å². The molecule has 3 aromatic carbocycles. The van der Waals surface area contributed by atoms with Gasteiger partial charge >= 0.3 is 30.2 Å². The van der Waals surface area contributed by atoms with Crippen molar-refractivity contribution < 1.29 is 80.5 Å². The van der Waals surface area contributed by atoms with Crippen LogP contribution in [0.1, 0.15) is 174 Å². The Morgan fingerprint density at radius 1 is 0.526 bits per heavy atom. The lowest BCUT2D eigenvalue weighted by Gasteiger charge is -2.19. The lowest BCUT2D eigenvalue weighted by molar-refractivity contribution is -0.154. The van der Waals surface area contributed by atoms with Crippen LogP contribution in [0.15, 0.2) is 74.5 Å². The molecule has 3 amide bonds. The second-order valence-electron chi connectivity index (χ2n) is 20.7. The lowest BCUT2D eigenvalue weighted by atomic mass is 9.88. The predicted molar refractivity (Wildman–Crippen MR) is 285 cm³/mol. The number of carbonyl (C=O) groups is 9. The SMILES string of the molecule is CC(=O)c1cc2c(OC(=O)CCCCCC(=O)OC(C)(C)C)c3ccccc3c(OC(=O)NCCCNC(=O)OC(C)(C)C)c2o1.CC(=O)c1cc2c(o1)C(=O)c1ccccc1C2=O.CC(C)(C)OC(=O)NCCCN=C=O. The molecule has 0 saturated carbocycles. The maximum atomic E-state index is 12.9. The van der Waals surface area contributed by atoms with Gasteiger partial charge in [-0.05, 0) is 100 Å². The summed E-state index contributed by atoms with van der Waals surface area (Å²) in [5.74, 6) is -1.85. The van der Waals surface area contributed by atoms with Crippen molar-refractivity contribution in [2.45, 2.75) is 138 Å². The van der Waals surface area contributed by atoms with Crippen LogP contribution >= 0.6 is 0 Å². The smallest absolute Gasteiger partial charge is 0.412 e. The molecule has 2 heterocycles. The number of fused-ring (bicyclic) bond motifs is 4. The molecule has 0 unspecified atom stereocenters. The topological polar surface area (TPSA) is 292 Å². The first-order chi connectivity index (χ1) is 36.6. The van der Waals surface area contributed by atoms with Crippen LogP contribution in [0, 0.1) is 0 Å². The number of unbranched alkanes of at least 4 members (excludes halogenated alkanes) is 2. The number of isocyanates is 1. The summed E-state index contributed by atoms with van der Waals surface area (Å²) in [6, 6.07) is 16.2. The Morgan fingerprint density at radius 3 is 1.55 bits per heavy atom. The van der Waals surface area contributed by atoms with E-state index in [1.54, 1.807) is 90.1 Å². The van der Waals surface area contributed by atoms with Crippen molar-refractivity contribution in [3.05, 3.63) is 94.6 Å². The van der Waals surface area contributed by atoms with Crippen LogP contribution in [0.2, 0.25) is 0 Å². The highest BCUT2D eigenvalue weighted by molar-refractivity contribution is 6.27. The van der Waals surface area contributed by atoms with Gasteiger partial charge in [0.25, 0.3) is 0 Å². The predicted octanol–water partition coefficient (Wildman–Crippen LogP) is 10.5. The third kappa shape index (κ3) is 19.6. The highest BCUT2D eigenvalue weighted by Gasteiger charge is 2.34. The number of Topliss-reactive ketones (excluding diaryl/α,β-unsaturated/α-hetero) is 2. The molecule has 21 heteroatoms. The molecule has 2 aromatic heterocycles. The molecule has 0 bridgehead atoms. The third-order valence-electron chi connectivity index (χ3n) is 10.5. The van der Waals surface area contributed by atoms with Crippen LogP contribution < -0.4 is 25.4 Å². The summed E-state index contributed by atoms with van der Waals surface area (Å²) in [6.07, 6.45) is 2.73. The number of rotatable bonds is 18. The standard InChI is InChI=1S/C34H44N2O10.C14H8O4.C9H16N2O3/c1-21(37)25-20-24-28(43-26(38)16-9-8-10-17-27(39)45-33(2,3)4)22-14-11-12-15-23(22)29(30(24)42-25)44-31(40)35-18-13-19-36-32(41)46-34(5,6)7;1-7(15)11-6-10-12(16)8-4-2-3-5-9(8)13(17)14(10)18-11;1-9(2,3)14-8(13)11-6-4-5-10-7-12/h11-12,14-15,20H,8-10,13,16-19H2,1-7H3,(H,35,40)(H,36,41);2-6H,1H3;4-6H2,1-3H3,(H,11,13). The number of esters is 2. The maximum absolute atomic E-state index is 12.9. The zero-order valence-electron chi connectivity index (χ0n) is 45.9. The van der Waals surface area contributed by atoms with Crippen molar-refractivity contribution in [2.75, 3.05) is 26.2 Å². The van der Waals surface area contributed by atoms with Crippen molar-refractivity contribution in [1.29, 1.82) is 0 Å². The molecule has 418 valence electrons. The molecule has 0 aliphatic heterocycles. The zero-order valence-corrected chi connectivity index (χ0v) is 45.9. The van der Waals surface area contributed by atoms with E-state index in [2.05, 4.69) is 20.9 Å². The van der Waals surface area contributed by atoms with E-state index in [4.69, 9.17) is 32.5 Å². The van der Waals surface area contributed by atoms with E-state index in [0.717, 1.165) is 0 Å². The zero-order chi connectivity index (χ0) is 58.0. The number of nitrogens with zero attached hydrogens (tertiary/aromatic N) is 1. The summed E-state index contributed by atoms with van der Waals surface area (Å²) in [4.78, 5) is 121. The van der Waals surface area contributed by atoms with Crippen molar-refractivity contribution >= 4 is 81.2 Å². The van der Waals surface area contributed by atoms with Gasteiger partial charge in [0.1, 0.15) is 22.6 Å². The average Bonchev–Trinajstić information content (AvgIpc) is 4.01. The molecule has 3 N–H and O–H groups in total. The molecule has 1 aliphatic rings. The Hall–Kier alpha value is -8.45. The van der Waals surface area contributed by atoms with E-state index in [1.807, 2.05) is 20.8 Å². The van der Waals surface area contributed by atoms with Crippen LogP contribution in [0.25, 0.3) is 21.7 Å². The summed E-state index contributed by atoms with van der Waals surface area (Å²) in [6.45, 7) is 20.0. The van der Waals surface area contributed by atoms with Gasteiger partial charge in [0.05, 0.1) is 17.5 Å². The molecule has 0 fully saturated rings. The molecule has 0 radical (unpaired) electrons. The van der Waals surface area contributed by atoms with Crippen LogP contribution in [0.3, 0.4) is 0 Å². The number of hydrogen-bond acceptors (Lipinski definition) is 18. The van der Waals surface area contributed by atoms with Gasteiger partial charge in [0, 0.05) is 68.2 Å². The van der Waals surface area contributed by atoms with Crippen molar-refractivity contribution in [2.24, 2.45) is 4.99 Å². The summed E-state index contributed by atoms with van der Waals surface area (Å²) >= 11 is 0. The number of ketones is 4. The molecule has 5 aromatic rings. The number of carbonyl (C=O) groups excluding carboxylic acids is 10. The van der Waals surface area contributed by atoms with E-state index in [9.17, 15) is 47.9 Å². The van der Waals surface area contributed by atoms with Gasteiger partial charge in [-0.25, -0.2) is 24.2 Å². The number of nitrogens with one attached hydrogen (secondary N) is 3. The normalized spacial score (nSPS) is 11.7. The van der Waals surface area contributed by atoms with Gasteiger partial charge in [0.15, 0.2) is 46.0 Å². The largest absolute Gasteiger partial charge is 0.460 e. The van der Waals surface area contributed by atoms with E-state index >= 15 is 0 Å². The number of alkyl carbamates (subject to hydrolysis) is 2. The van der Waals surface area contributed by atoms with Gasteiger partial charge in [-0.15, -0.1) is 0 Å². The van der Waals surface area contributed by atoms with Gasteiger partial charge in [-0.3, -0.25) is 28.8 Å². The summed E-state index contributed by atoms with van der Waals surface area (Å²) in [7, 11) is 0. The number of aliphatic imine (C=N–C) groups is 1. The van der Waals surface area contributed by atoms with E-state index in [-0.39, 0.29) is 95.0 Å². The average molecular weight is 1080 g/mol. The van der Waals surface area contributed by atoms with Crippen molar-refractivity contribution in [3.63, 3.8) is 0 Å².